The number of hydrogen-bond acceptors (Lipinski definition) is 4. The zero-order chi connectivity index (χ0) is 12.0. The third kappa shape index (κ3) is 6.48. The molecular weight excluding hydrogens is 200 g/mol. The Bertz CT molecular complexity index is 263. The highest BCUT2D eigenvalue weighted by Gasteiger charge is 2.18. The summed E-state index contributed by atoms with van der Waals surface area (Å²) in [4.78, 5) is 32.8. The molecule has 0 aliphatic carbocycles. The van der Waals surface area contributed by atoms with E-state index in [9.17, 15) is 14.4 Å². The maximum atomic E-state index is 11.2. The van der Waals surface area contributed by atoms with Crippen LogP contribution in [-0.2, 0) is 14.3 Å². The van der Waals surface area contributed by atoms with Crippen molar-refractivity contribution in [2.24, 2.45) is 0 Å². The normalized spacial score (nSPS) is 11.8. The van der Waals surface area contributed by atoms with Gasteiger partial charge in [0.2, 0.25) is 0 Å². The number of imide groups is 1. The van der Waals surface area contributed by atoms with Crippen LogP contribution in [-0.4, -0.2) is 30.1 Å². The van der Waals surface area contributed by atoms with E-state index in [0.717, 1.165) is 0 Å². The highest BCUT2D eigenvalue weighted by Crippen LogP contribution is 1.91. The largest absolute Gasteiger partial charge is 0.453 e. The molecule has 6 heteroatoms. The van der Waals surface area contributed by atoms with Gasteiger partial charge in [0.15, 0.2) is 6.10 Å². The molecule has 0 fully saturated rings. The number of ether oxygens (including phenoxy) is 1. The summed E-state index contributed by atoms with van der Waals surface area (Å²) in [5.74, 6) is -1.22. The molecule has 0 spiro atoms. The molecule has 0 rings (SSSR count). The van der Waals surface area contributed by atoms with Crippen molar-refractivity contribution < 1.29 is 19.1 Å². The van der Waals surface area contributed by atoms with Crippen molar-refractivity contribution in [3.8, 4) is 0 Å². The van der Waals surface area contributed by atoms with E-state index in [1.807, 2.05) is 0 Å². The van der Waals surface area contributed by atoms with Gasteiger partial charge in [0.1, 0.15) is 0 Å². The fourth-order valence-electron chi connectivity index (χ4n) is 0.814. The topological polar surface area (TPSA) is 84.5 Å². The molecule has 6 nitrogen and oxygen atoms in total. The number of hydrogen-bond donors (Lipinski definition) is 2. The van der Waals surface area contributed by atoms with E-state index < -0.39 is 24.0 Å². The third-order valence-electron chi connectivity index (χ3n) is 1.37. The van der Waals surface area contributed by atoms with Crippen LogP contribution in [0.25, 0.3) is 0 Å². The predicted molar refractivity (Wildman–Crippen MR) is 53.0 cm³/mol. The van der Waals surface area contributed by atoms with Crippen LogP contribution in [0.2, 0.25) is 0 Å². The first kappa shape index (κ1) is 13.4. The van der Waals surface area contributed by atoms with Gasteiger partial charge in [-0.25, -0.2) is 4.79 Å². The standard InChI is InChI=1S/C9H16N2O4/c1-5(2)10-9(14)11-8(13)6(3)15-7(4)12/h5-6H,1-4H3,(H2,10,11,13,14)/t6-/m0/s1. The SMILES string of the molecule is CC(=O)O[C@@H](C)C(=O)NC(=O)NC(C)C. The molecule has 15 heavy (non-hydrogen) atoms. The smallest absolute Gasteiger partial charge is 0.321 e. The number of urea groups is 1. The molecule has 0 aromatic rings. The lowest BCUT2D eigenvalue weighted by Gasteiger charge is -2.13. The summed E-state index contributed by atoms with van der Waals surface area (Å²) in [7, 11) is 0. The minimum absolute atomic E-state index is 0.0677. The molecule has 0 saturated heterocycles. The fraction of sp³-hybridized carbons (Fsp3) is 0.667. The summed E-state index contributed by atoms with van der Waals surface area (Å²) >= 11 is 0. The first-order chi connectivity index (χ1) is 6.82. The van der Waals surface area contributed by atoms with Crippen LogP contribution in [0.5, 0.6) is 0 Å². The van der Waals surface area contributed by atoms with Gasteiger partial charge in [0.25, 0.3) is 5.91 Å². The summed E-state index contributed by atoms with van der Waals surface area (Å²) in [5, 5.41) is 4.52. The summed E-state index contributed by atoms with van der Waals surface area (Å²) in [6.45, 7) is 6.11. The Morgan fingerprint density at radius 2 is 1.67 bits per heavy atom. The van der Waals surface area contributed by atoms with Gasteiger partial charge in [-0.2, -0.15) is 0 Å². The Hall–Kier alpha value is -1.59. The average Bonchev–Trinajstić information content (AvgIpc) is 2.00. The van der Waals surface area contributed by atoms with Gasteiger partial charge >= 0.3 is 12.0 Å². The molecule has 0 saturated carbocycles. The monoisotopic (exact) mass is 216 g/mol. The Kier molecular flexibility index (Phi) is 5.36. The van der Waals surface area contributed by atoms with Gasteiger partial charge in [0, 0.05) is 13.0 Å². The molecule has 0 heterocycles. The minimum Gasteiger partial charge on any atom is -0.453 e. The lowest BCUT2D eigenvalue weighted by molar-refractivity contribution is -0.152. The number of amides is 3. The third-order valence-corrected chi connectivity index (χ3v) is 1.37. The zero-order valence-corrected chi connectivity index (χ0v) is 9.29. The van der Waals surface area contributed by atoms with E-state index in [2.05, 4.69) is 15.4 Å². The van der Waals surface area contributed by atoms with Gasteiger partial charge in [-0.1, -0.05) is 0 Å². The molecule has 86 valence electrons. The van der Waals surface area contributed by atoms with Gasteiger partial charge in [-0.3, -0.25) is 14.9 Å². The van der Waals surface area contributed by atoms with Crippen LogP contribution in [0.1, 0.15) is 27.7 Å². The van der Waals surface area contributed by atoms with E-state index in [-0.39, 0.29) is 6.04 Å². The first-order valence-corrected chi connectivity index (χ1v) is 4.61. The lowest BCUT2D eigenvalue weighted by atomic mass is 10.3. The molecule has 2 N–H and O–H groups in total. The van der Waals surface area contributed by atoms with Gasteiger partial charge in [-0.05, 0) is 20.8 Å². The second kappa shape index (κ2) is 6.00. The zero-order valence-electron chi connectivity index (χ0n) is 9.29. The number of carbonyl (C=O) groups is 3. The minimum atomic E-state index is -0.972. The van der Waals surface area contributed by atoms with Crippen LogP contribution in [0.15, 0.2) is 0 Å². The summed E-state index contributed by atoms with van der Waals surface area (Å²) in [5.41, 5.74) is 0. The van der Waals surface area contributed by atoms with Crippen LogP contribution in [0.4, 0.5) is 4.79 Å². The quantitative estimate of drug-likeness (QED) is 0.659. The second-order valence-corrected chi connectivity index (χ2v) is 3.37. The van der Waals surface area contributed by atoms with Crippen molar-refractivity contribution in [3.05, 3.63) is 0 Å². The summed E-state index contributed by atoms with van der Waals surface area (Å²) in [6.07, 6.45) is -0.972. The maximum Gasteiger partial charge on any atom is 0.321 e. The number of rotatable bonds is 3. The van der Waals surface area contributed by atoms with E-state index in [1.165, 1.54) is 13.8 Å². The summed E-state index contributed by atoms with van der Waals surface area (Å²) < 4.78 is 4.59. The molecule has 0 aliphatic rings. The molecular formula is C9H16N2O4. The fourth-order valence-corrected chi connectivity index (χ4v) is 0.814. The van der Waals surface area contributed by atoms with E-state index in [0.29, 0.717) is 0 Å². The average molecular weight is 216 g/mol. The van der Waals surface area contributed by atoms with Crippen molar-refractivity contribution in [2.45, 2.75) is 39.8 Å². The van der Waals surface area contributed by atoms with Crippen molar-refractivity contribution in [1.82, 2.24) is 10.6 Å². The number of carbonyl (C=O) groups excluding carboxylic acids is 3. The molecule has 0 unspecified atom stereocenters. The highest BCUT2D eigenvalue weighted by molar-refractivity contribution is 5.97. The predicted octanol–water partition coefficient (Wildman–Crippen LogP) is 0.172. The second-order valence-electron chi connectivity index (χ2n) is 3.37. The van der Waals surface area contributed by atoms with E-state index in [4.69, 9.17) is 0 Å². The molecule has 0 aromatic carbocycles. The van der Waals surface area contributed by atoms with E-state index >= 15 is 0 Å². The van der Waals surface area contributed by atoms with Crippen molar-refractivity contribution in [1.29, 1.82) is 0 Å². The number of nitrogens with one attached hydrogen (secondary N) is 2. The van der Waals surface area contributed by atoms with Crippen molar-refractivity contribution in [3.63, 3.8) is 0 Å². The van der Waals surface area contributed by atoms with Crippen LogP contribution in [0, 0.1) is 0 Å². The molecule has 3 amide bonds. The van der Waals surface area contributed by atoms with Gasteiger partial charge in [0.05, 0.1) is 0 Å². The Labute approximate surface area is 88.4 Å². The Morgan fingerprint density at radius 3 is 2.07 bits per heavy atom. The van der Waals surface area contributed by atoms with Gasteiger partial charge < -0.3 is 10.1 Å². The lowest BCUT2D eigenvalue weighted by Crippen LogP contribution is -2.46. The maximum absolute atomic E-state index is 11.2. The van der Waals surface area contributed by atoms with E-state index in [1.54, 1.807) is 13.8 Å². The summed E-state index contributed by atoms with van der Waals surface area (Å²) in [6, 6.07) is -0.671. The molecule has 0 aromatic heterocycles. The molecule has 0 aliphatic heterocycles. The molecule has 0 bridgehead atoms. The number of esters is 1. The Balaban J connectivity index is 4.01. The van der Waals surface area contributed by atoms with Crippen LogP contribution < -0.4 is 10.6 Å². The highest BCUT2D eigenvalue weighted by atomic mass is 16.5. The molecule has 0 radical (unpaired) electrons. The molecule has 1 atom stereocenters. The van der Waals surface area contributed by atoms with Crippen molar-refractivity contribution >= 4 is 17.9 Å². The van der Waals surface area contributed by atoms with Crippen LogP contribution in [0.3, 0.4) is 0 Å². The van der Waals surface area contributed by atoms with Crippen LogP contribution >= 0.6 is 0 Å². The Morgan fingerprint density at radius 1 is 1.13 bits per heavy atom. The first-order valence-electron chi connectivity index (χ1n) is 4.61. The van der Waals surface area contributed by atoms with Gasteiger partial charge in [-0.15, -0.1) is 0 Å². The van der Waals surface area contributed by atoms with Crippen molar-refractivity contribution in [2.75, 3.05) is 0 Å².